The summed E-state index contributed by atoms with van der Waals surface area (Å²) in [5, 5.41) is 0. The van der Waals surface area contributed by atoms with Crippen molar-refractivity contribution in [2.45, 2.75) is 53.5 Å². The molecular formula is C9H26N2. The highest BCUT2D eigenvalue weighted by molar-refractivity contribution is 4.51. The molecular weight excluding hydrogens is 136 g/mol. The second-order valence-electron chi connectivity index (χ2n) is 2.37. The van der Waals surface area contributed by atoms with Gasteiger partial charge in [0.1, 0.15) is 0 Å². The van der Waals surface area contributed by atoms with E-state index in [0.717, 1.165) is 25.8 Å². The SMILES string of the molecule is C.CCC(N)CC.CCCN. The minimum Gasteiger partial charge on any atom is -0.330 e. The highest BCUT2D eigenvalue weighted by Crippen LogP contribution is 1.88. The molecule has 0 atom stereocenters. The third kappa shape index (κ3) is 25.7. The zero-order valence-electron chi connectivity index (χ0n) is 7.56. The lowest BCUT2D eigenvalue weighted by atomic mass is 10.2. The molecule has 0 saturated heterocycles. The maximum Gasteiger partial charge on any atom is 0.00335 e. The quantitative estimate of drug-likeness (QED) is 0.668. The molecule has 0 unspecified atom stereocenters. The van der Waals surface area contributed by atoms with Crippen molar-refractivity contribution in [2.24, 2.45) is 11.5 Å². The van der Waals surface area contributed by atoms with Crippen LogP contribution in [0.5, 0.6) is 0 Å². The van der Waals surface area contributed by atoms with Crippen LogP contribution in [-0.4, -0.2) is 12.6 Å². The lowest BCUT2D eigenvalue weighted by molar-refractivity contribution is 0.629. The summed E-state index contributed by atoms with van der Waals surface area (Å²) in [7, 11) is 0. The van der Waals surface area contributed by atoms with E-state index < -0.39 is 0 Å². The van der Waals surface area contributed by atoms with Crippen LogP contribution in [0.1, 0.15) is 47.5 Å². The van der Waals surface area contributed by atoms with Gasteiger partial charge in [0, 0.05) is 6.04 Å². The fourth-order valence-electron chi connectivity index (χ4n) is 0.289. The highest BCUT2D eigenvalue weighted by atomic mass is 14.6. The molecule has 0 radical (unpaired) electrons. The first-order valence-electron chi connectivity index (χ1n) is 4.18. The molecule has 0 aromatic heterocycles. The summed E-state index contributed by atoms with van der Waals surface area (Å²) in [6, 6.07) is 0.435. The zero-order valence-corrected chi connectivity index (χ0v) is 7.56. The summed E-state index contributed by atoms with van der Waals surface area (Å²) in [6.07, 6.45) is 3.31. The molecule has 0 aliphatic rings. The first-order chi connectivity index (χ1) is 4.72. The first-order valence-corrected chi connectivity index (χ1v) is 4.18. The summed E-state index contributed by atoms with van der Waals surface area (Å²) in [4.78, 5) is 0. The topological polar surface area (TPSA) is 52.0 Å². The van der Waals surface area contributed by atoms with E-state index in [1.54, 1.807) is 0 Å². The molecule has 0 aromatic carbocycles. The molecule has 0 bridgehead atoms. The van der Waals surface area contributed by atoms with Crippen LogP contribution in [-0.2, 0) is 0 Å². The first kappa shape index (κ1) is 17.1. The van der Waals surface area contributed by atoms with Crippen LogP contribution in [0.15, 0.2) is 0 Å². The average molecular weight is 162 g/mol. The van der Waals surface area contributed by atoms with Gasteiger partial charge in [-0.1, -0.05) is 28.2 Å². The summed E-state index contributed by atoms with van der Waals surface area (Å²) < 4.78 is 0. The van der Waals surface area contributed by atoms with Gasteiger partial charge in [-0.2, -0.15) is 0 Å². The molecule has 0 amide bonds. The summed E-state index contributed by atoms with van der Waals surface area (Å²) in [5.74, 6) is 0. The fraction of sp³-hybridized carbons (Fsp3) is 1.00. The van der Waals surface area contributed by atoms with Crippen LogP contribution in [0, 0.1) is 0 Å². The van der Waals surface area contributed by atoms with E-state index in [4.69, 9.17) is 11.5 Å². The van der Waals surface area contributed by atoms with Gasteiger partial charge in [0.15, 0.2) is 0 Å². The average Bonchev–Trinajstić information content (AvgIpc) is 2.03. The van der Waals surface area contributed by atoms with Crippen molar-refractivity contribution in [3.63, 3.8) is 0 Å². The smallest absolute Gasteiger partial charge is 0.00335 e. The lowest BCUT2D eigenvalue weighted by Gasteiger charge is -1.99. The van der Waals surface area contributed by atoms with Gasteiger partial charge in [-0.15, -0.1) is 0 Å². The molecule has 0 aromatic rings. The molecule has 0 rings (SSSR count). The van der Waals surface area contributed by atoms with Gasteiger partial charge in [-0.05, 0) is 25.8 Å². The molecule has 0 heterocycles. The Morgan fingerprint density at radius 1 is 1.09 bits per heavy atom. The van der Waals surface area contributed by atoms with Crippen LogP contribution in [0.3, 0.4) is 0 Å². The Bertz CT molecular complexity index is 40.8. The maximum atomic E-state index is 5.47. The van der Waals surface area contributed by atoms with E-state index >= 15 is 0 Å². The third-order valence-corrected chi connectivity index (χ3v) is 1.34. The van der Waals surface area contributed by atoms with Gasteiger partial charge < -0.3 is 11.5 Å². The van der Waals surface area contributed by atoms with Gasteiger partial charge in [0.25, 0.3) is 0 Å². The van der Waals surface area contributed by atoms with Crippen LogP contribution in [0.25, 0.3) is 0 Å². The van der Waals surface area contributed by atoms with E-state index in [9.17, 15) is 0 Å². The molecule has 11 heavy (non-hydrogen) atoms. The lowest BCUT2D eigenvalue weighted by Crippen LogP contribution is -2.16. The van der Waals surface area contributed by atoms with Gasteiger partial charge in [0.2, 0.25) is 0 Å². The molecule has 0 saturated carbocycles. The van der Waals surface area contributed by atoms with Crippen molar-refractivity contribution in [3.05, 3.63) is 0 Å². The largest absolute Gasteiger partial charge is 0.330 e. The van der Waals surface area contributed by atoms with Crippen molar-refractivity contribution in [3.8, 4) is 0 Å². The molecule has 2 heteroatoms. The molecule has 72 valence electrons. The van der Waals surface area contributed by atoms with Crippen LogP contribution < -0.4 is 11.5 Å². The van der Waals surface area contributed by atoms with Crippen molar-refractivity contribution < 1.29 is 0 Å². The van der Waals surface area contributed by atoms with Gasteiger partial charge in [0.05, 0.1) is 0 Å². The molecule has 0 fully saturated rings. The second-order valence-corrected chi connectivity index (χ2v) is 2.37. The predicted octanol–water partition coefficient (Wildman–Crippen LogP) is 2.12. The van der Waals surface area contributed by atoms with Crippen LogP contribution >= 0.6 is 0 Å². The standard InChI is InChI=1S/C5H13N.C3H9N.CH4/c1-3-5(6)4-2;1-2-3-4;/h5H,3-4,6H2,1-2H3;2-4H2,1H3;1H4. The molecule has 0 spiro atoms. The summed E-state index contributed by atoms with van der Waals surface area (Å²) in [6.45, 7) is 7.09. The van der Waals surface area contributed by atoms with Crippen LogP contribution in [0.4, 0.5) is 0 Å². The zero-order chi connectivity index (χ0) is 8.41. The Hall–Kier alpha value is -0.0800. The van der Waals surface area contributed by atoms with E-state index in [0.29, 0.717) is 6.04 Å². The van der Waals surface area contributed by atoms with Crippen molar-refractivity contribution in [1.29, 1.82) is 0 Å². The Labute approximate surface area is 72.4 Å². The minimum absolute atomic E-state index is 0. The van der Waals surface area contributed by atoms with Gasteiger partial charge in [-0.25, -0.2) is 0 Å². The Morgan fingerprint density at radius 3 is 1.36 bits per heavy atom. The number of hydrogen-bond acceptors (Lipinski definition) is 2. The Morgan fingerprint density at radius 2 is 1.36 bits per heavy atom. The third-order valence-electron chi connectivity index (χ3n) is 1.34. The summed E-state index contributed by atoms with van der Waals surface area (Å²) >= 11 is 0. The van der Waals surface area contributed by atoms with E-state index in [2.05, 4.69) is 20.8 Å². The number of rotatable bonds is 3. The molecule has 4 N–H and O–H groups in total. The van der Waals surface area contributed by atoms with Gasteiger partial charge in [-0.3, -0.25) is 0 Å². The number of hydrogen-bond donors (Lipinski definition) is 2. The molecule has 0 aliphatic heterocycles. The van der Waals surface area contributed by atoms with Crippen molar-refractivity contribution in [2.75, 3.05) is 6.54 Å². The van der Waals surface area contributed by atoms with Gasteiger partial charge >= 0.3 is 0 Å². The monoisotopic (exact) mass is 162 g/mol. The van der Waals surface area contributed by atoms with Crippen molar-refractivity contribution in [1.82, 2.24) is 0 Å². The van der Waals surface area contributed by atoms with Crippen molar-refractivity contribution >= 4 is 0 Å². The van der Waals surface area contributed by atoms with E-state index in [1.807, 2.05) is 0 Å². The Kier molecular flexibility index (Phi) is 25.7. The molecule has 2 nitrogen and oxygen atoms in total. The summed E-state index contributed by atoms with van der Waals surface area (Å²) in [5.41, 5.74) is 10.5. The van der Waals surface area contributed by atoms with Crippen LogP contribution in [0.2, 0.25) is 0 Å². The number of nitrogens with two attached hydrogens (primary N) is 2. The molecule has 0 aliphatic carbocycles. The predicted molar refractivity (Wildman–Crippen MR) is 54.6 cm³/mol. The highest BCUT2D eigenvalue weighted by Gasteiger charge is 1.88. The fourth-order valence-corrected chi connectivity index (χ4v) is 0.289. The maximum absolute atomic E-state index is 5.47. The normalized spacial score (nSPS) is 8.18. The van der Waals surface area contributed by atoms with E-state index in [1.165, 1.54) is 0 Å². The second kappa shape index (κ2) is 16.5. The van der Waals surface area contributed by atoms with E-state index in [-0.39, 0.29) is 7.43 Å². The Balaban J connectivity index is -0.000000114. The minimum atomic E-state index is 0.